The molecular weight excluding hydrogens is 202 g/mol. The van der Waals surface area contributed by atoms with Crippen molar-refractivity contribution in [2.75, 3.05) is 0 Å². The molecule has 2 rings (SSSR count). The zero-order valence-electron chi connectivity index (χ0n) is 9.79. The van der Waals surface area contributed by atoms with Gasteiger partial charge in [-0.15, -0.1) is 11.3 Å². The third kappa shape index (κ3) is 1.91. The molecule has 2 heteroatoms. The van der Waals surface area contributed by atoms with Gasteiger partial charge < -0.3 is 0 Å². The molecule has 0 aliphatic carbocycles. The molecular formula is C13H17NS. The van der Waals surface area contributed by atoms with Gasteiger partial charge in [0.2, 0.25) is 0 Å². The van der Waals surface area contributed by atoms with E-state index in [9.17, 15) is 0 Å². The molecule has 0 atom stereocenters. The summed E-state index contributed by atoms with van der Waals surface area (Å²) in [7, 11) is 0. The van der Waals surface area contributed by atoms with Gasteiger partial charge in [0.25, 0.3) is 0 Å². The fourth-order valence-corrected chi connectivity index (χ4v) is 2.89. The Kier molecular flexibility index (Phi) is 2.55. The van der Waals surface area contributed by atoms with Gasteiger partial charge in [0.1, 0.15) is 0 Å². The van der Waals surface area contributed by atoms with Crippen LogP contribution in [0.15, 0.2) is 18.3 Å². The second-order valence-corrected chi connectivity index (χ2v) is 5.95. The van der Waals surface area contributed by atoms with Crippen molar-refractivity contribution in [1.82, 2.24) is 4.98 Å². The van der Waals surface area contributed by atoms with Crippen molar-refractivity contribution in [3.63, 3.8) is 0 Å². The van der Waals surface area contributed by atoms with Crippen LogP contribution in [0.1, 0.15) is 38.1 Å². The number of aromatic nitrogens is 1. The first-order valence-corrected chi connectivity index (χ1v) is 6.22. The Morgan fingerprint density at radius 2 is 2.07 bits per heavy atom. The number of hydrogen-bond acceptors (Lipinski definition) is 2. The maximum absolute atomic E-state index is 4.43. The van der Waals surface area contributed by atoms with Crippen LogP contribution < -0.4 is 0 Å². The molecule has 15 heavy (non-hydrogen) atoms. The van der Waals surface area contributed by atoms with E-state index in [2.05, 4.69) is 44.8 Å². The molecule has 0 saturated carbocycles. The number of pyridine rings is 1. The summed E-state index contributed by atoms with van der Waals surface area (Å²) in [5, 5.41) is 0. The Hall–Kier alpha value is -0.890. The predicted octanol–water partition coefficient (Wildman–Crippen LogP) is 4.16. The summed E-state index contributed by atoms with van der Waals surface area (Å²) in [6, 6.07) is 4.37. The Bertz CT molecular complexity index is 477. The van der Waals surface area contributed by atoms with Crippen LogP contribution in [0.5, 0.6) is 0 Å². The zero-order valence-corrected chi connectivity index (χ0v) is 10.6. The van der Waals surface area contributed by atoms with Gasteiger partial charge in [-0.2, -0.15) is 0 Å². The van der Waals surface area contributed by atoms with Gasteiger partial charge in [-0.05, 0) is 29.5 Å². The Labute approximate surface area is 95.2 Å². The number of hydrogen-bond donors (Lipinski definition) is 0. The summed E-state index contributed by atoms with van der Waals surface area (Å²) >= 11 is 1.89. The number of aryl methyl sites for hydroxylation is 1. The van der Waals surface area contributed by atoms with Gasteiger partial charge in [0.15, 0.2) is 0 Å². The monoisotopic (exact) mass is 219 g/mol. The summed E-state index contributed by atoms with van der Waals surface area (Å²) < 4.78 is 1.37. The molecule has 0 bridgehead atoms. The number of thiophene rings is 1. The van der Waals surface area contributed by atoms with E-state index in [1.54, 1.807) is 0 Å². The van der Waals surface area contributed by atoms with Crippen molar-refractivity contribution in [2.45, 2.75) is 39.5 Å². The number of fused-ring (bicyclic) bond motifs is 1. The van der Waals surface area contributed by atoms with Crippen LogP contribution in [-0.4, -0.2) is 4.98 Å². The lowest BCUT2D eigenvalue weighted by atomic mass is 9.95. The van der Waals surface area contributed by atoms with Crippen molar-refractivity contribution in [3.8, 4) is 0 Å². The summed E-state index contributed by atoms with van der Waals surface area (Å²) in [5.74, 6) is 0. The normalized spacial score (nSPS) is 12.3. The molecule has 80 valence electrons. The third-order valence-corrected chi connectivity index (χ3v) is 4.24. The van der Waals surface area contributed by atoms with Crippen molar-refractivity contribution >= 4 is 21.6 Å². The SMILES string of the molecule is CCc1ccnc2cc(C(C)(C)C)sc12. The summed E-state index contributed by atoms with van der Waals surface area (Å²) in [4.78, 5) is 5.86. The average Bonchev–Trinajstić information content (AvgIpc) is 2.59. The van der Waals surface area contributed by atoms with Gasteiger partial charge in [-0.25, -0.2) is 0 Å². The average molecular weight is 219 g/mol. The highest BCUT2D eigenvalue weighted by atomic mass is 32.1. The van der Waals surface area contributed by atoms with E-state index in [4.69, 9.17) is 0 Å². The Morgan fingerprint density at radius 1 is 1.33 bits per heavy atom. The quantitative estimate of drug-likeness (QED) is 0.702. The van der Waals surface area contributed by atoms with Crippen LogP contribution in [-0.2, 0) is 11.8 Å². The molecule has 0 N–H and O–H groups in total. The summed E-state index contributed by atoms with van der Waals surface area (Å²) in [6.45, 7) is 8.96. The largest absolute Gasteiger partial charge is 0.255 e. The van der Waals surface area contributed by atoms with Crippen LogP contribution in [0, 0.1) is 0 Å². The van der Waals surface area contributed by atoms with E-state index in [1.165, 1.54) is 15.1 Å². The second-order valence-electron chi connectivity index (χ2n) is 4.90. The maximum atomic E-state index is 4.43. The minimum Gasteiger partial charge on any atom is -0.255 e. The van der Waals surface area contributed by atoms with Crippen LogP contribution in [0.2, 0.25) is 0 Å². The Morgan fingerprint density at radius 3 is 2.67 bits per heavy atom. The van der Waals surface area contributed by atoms with E-state index < -0.39 is 0 Å². The summed E-state index contributed by atoms with van der Waals surface area (Å²) in [6.07, 6.45) is 3.00. The van der Waals surface area contributed by atoms with Gasteiger partial charge >= 0.3 is 0 Å². The lowest BCUT2D eigenvalue weighted by molar-refractivity contribution is 0.604. The zero-order chi connectivity index (χ0) is 11.1. The highest BCUT2D eigenvalue weighted by Crippen LogP contribution is 2.34. The van der Waals surface area contributed by atoms with Gasteiger partial charge in [0, 0.05) is 11.1 Å². The molecule has 0 saturated heterocycles. The molecule has 0 aromatic carbocycles. The lowest BCUT2D eigenvalue weighted by Crippen LogP contribution is -2.07. The van der Waals surface area contributed by atoms with Gasteiger partial charge in [-0.3, -0.25) is 4.98 Å². The molecule has 2 aromatic rings. The standard InChI is InChI=1S/C13H17NS/c1-5-9-6-7-14-10-8-11(13(2,3)4)15-12(9)10/h6-8H,5H2,1-4H3. The molecule has 0 unspecified atom stereocenters. The lowest BCUT2D eigenvalue weighted by Gasteiger charge is -2.14. The van der Waals surface area contributed by atoms with Gasteiger partial charge in [-0.1, -0.05) is 27.7 Å². The van der Waals surface area contributed by atoms with E-state index in [1.807, 2.05) is 17.5 Å². The van der Waals surface area contributed by atoms with E-state index >= 15 is 0 Å². The topological polar surface area (TPSA) is 12.9 Å². The summed E-state index contributed by atoms with van der Waals surface area (Å²) in [5.41, 5.74) is 2.81. The number of rotatable bonds is 1. The van der Waals surface area contributed by atoms with Gasteiger partial charge in [0.05, 0.1) is 10.2 Å². The molecule has 2 heterocycles. The molecule has 0 fully saturated rings. The molecule has 0 spiro atoms. The Balaban J connectivity index is 2.65. The number of nitrogens with zero attached hydrogens (tertiary/aromatic N) is 1. The van der Waals surface area contributed by atoms with Crippen molar-refractivity contribution < 1.29 is 0 Å². The minimum absolute atomic E-state index is 0.233. The van der Waals surface area contributed by atoms with Crippen molar-refractivity contribution in [2.24, 2.45) is 0 Å². The molecule has 0 amide bonds. The molecule has 2 aromatic heterocycles. The maximum Gasteiger partial charge on any atom is 0.0815 e. The highest BCUT2D eigenvalue weighted by Gasteiger charge is 2.17. The minimum atomic E-state index is 0.233. The van der Waals surface area contributed by atoms with Crippen LogP contribution >= 0.6 is 11.3 Å². The second kappa shape index (κ2) is 3.60. The van der Waals surface area contributed by atoms with Crippen molar-refractivity contribution in [3.05, 3.63) is 28.8 Å². The predicted molar refractivity (Wildman–Crippen MR) is 67.7 cm³/mol. The van der Waals surface area contributed by atoms with E-state index in [0.29, 0.717) is 0 Å². The molecule has 0 aliphatic rings. The fourth-order valence-electron chi connectivity index (χ4n) is 1.64. The third-order valence-electron chi connectivity index (χ3n) is 2.61. The van der Waals surface area contributed by atoms with Crippen LogP contribution in [0.25, 0.3) is 10.2 Å². The van der Waals surface area contributed by atoms with E-state index in [-0.39, 0.29) is 5.41 Å². The molecule has 0 aliphatic heterocycles. The van der Waals surface area contributed by atoms with Crippen molar-refractivity contribution in [1.29, 1.82) is 0 Å². The first kappa shape index (κ1) is 10.6. The van der Waals surface area contributed by atoms with E-state index in [0.717, 1.165) is 11.9 Å². The molecule has 0 radical (unpaired) electrons. The smallest absolute Gasteiger partial charge is 0.0815 e. The first-order valence-electron chi connectivity index (χ1n) is 5.40. The highest BCUT2D eigenvalue weighted by molar-refractivity contribution is 7.19. The first-order chi connectivity index (χ1) is 7.02. The molecule has 1 nitrogen and oxygen atoms in total. The van der Waals surface area contributed by atoms with Crippen LogP contribution in [0.4, 0.5) is 0 Å². The van der Waals surface area contributed by atoms with Crippen LogP contribution in [0.3, 0.4) is 0 Å². The fraction of sp³-hybridized carbons (Fsp3) is 0.462.